The summed E-state index contributed by atoms with van der Waals surface area (Å²) >= 11 is 0. The van der Waals surface area contributed by atoms with Crippen LogP contribution in [-0.4, -0.2) is 34.8 Å². The average molecular weight is 353 g/mol. The Morgan fingerprint density at radius 1 is 1.23 bits per heavy atom. The van der Waals surface area contributed by atoms with Gasteiger partial charge in [-0.2, -0.15) is 10.1 Å². The molecule has 7 heteroatoms. The molecule has 0 saturated carbocycles. The fraction of sp³-hybridized carbons (Fsp3) is 0.368. The highest BCUT2D eigenvalue weighted by Crippen LogP contribution is 2.20. The Morgan fingerprint density at radius 3 is 2.81 bits per heavy atom. The van der Waals surface area contributed by atoms with Gasteiger partial charge in [0.1, 0.15) is 0 Å². The van der Waals surface area contributed by atoms with E-state index in [1.54, 1.807) is 30.5 Å². The van der Waals surface area contributed by atoms with Crippen LogP contribution in [0.4, 0.5) is 17.5 Å². The molecule has 0 radical (unpaired) electrons. The molecule has 0 spiro atoms. The molecule has 26 heavy (non-hydrogen) atoms. The highest BCUT2D eigenvalue weighted by atomic mass is 16.5. The van der Waals surface area contributed by atoms with Crippen LogP contribution in [0.5, 0.6) is 0 Å². The number of benzene rings is 1. The second kappa shape index (κ2) is 8.94. The van der Waals surface area contributed by atoms with Gasteiger partial charge in [0.2, 0.25) is 5.95 Å². The van der Waals surface area contributed by atoms with E-state index < -0.39 is 0 Å². The van der Waals surface area contributed by atoms with Crippen molar-refractivity contribution >= 4 is 23.4 Å². The van der Waals surface area contributed by atoms with E-state index in [9.17, 15) is 4.79 Å². The Kier molecular flexibility index (Phi) is 6.14. The number of rotatable bonds is 7. The lowest BCUT2D eigenvalue weighted by Crippen LogP contribution is -2.08. The molecule has 1 aromatic heterocycles. The van der Waals surface area contributed by atoms with E-state index in [1.165, 1.54) is 38.4 Å². The molecule has 0 bridgehead atoms. The number of esters is 1. The molecule has 7 nitrogen and oxygen atoms in total. The number of allylic oxidation sites excluding steroid dienone is 1. The van der Waals surface area contributed by atoms with Gasteiger partial charge in [-0.1, -0.05) is 11.6 Å². The molecule has 0 unspecified atom stereocenters. The molecule has 0 amide bonds. The highest BCUT2D eigenvalue weighted by molar-refractivity contribution is 5.89. The van der Waals surface area contributed by atoms with Gasteiger partial charge in [-0.3, -0.25) is 0 Å². The summed E-state index contributed by atoms with van der Waals surface area (Å²) in [5.41, 5.74) is 2.78. The van der Waals surface area contributed by atoms with E-state index in [0.29, 0.717) is 17.3 Å². The fourth-order valence-electron chi connectivity index (χ4n) is 2.86. The molecular formula is C19H23N5O2. The summed E-state index contributed by atoms with van der Waals surface area (Å²) < 4.78 is 4.69. The van der Waals surface area contributed by atoms with Gasteiger partial charge in [0.25, 0.3) is 0 Å². The zero-order chi connectivity index (χ0) is 18.2. The zero-order valence-corrected chi connectivity index (χ0v) is 14.9. The summed E-state index contributed by atoms with van der Waals surface area (Å²) in [4.78, 5) is 15.9. The van der Waals surface area contributed by atoms with Crippen LogP contribution in [0.3, 0.4) is 0 Å². The summed E-state index contributed by atoms with van der Waals surface area (Å²) in [5, 5.41) is 14.3. The predicted molar refractivity (Wildman–Crippen MR) is 101 cm³/mol. The van der Waals surface area contributed by atoms with Crippen LogP contribution in [-0.2, 0) is 4.74 Å². The Bertz CT molecular complexity index is 774. The van der Waals surface area contributed by atoms with E-state index in [4.69, 9.17) is 0 Å². The normalized spacial score (nSPS) is 13.7. The minimum absolute atomic E-state index is 0.367. The monoisotopic (exact) mass is 353 g/mol. The number of nitrogens with one attached hydrogen (secondary N) is 2. The fourth-order valence-corrected chi connectivity index (χ4v) is 2.86. The van der Waals surface area contributed by atoms with Gasteiger partial charge < -0.3 is 15.4 Å². The van der Waals surface area contributed by atoms with E-state index in [1.807, 2.05) is 0 Å². The Morgan fingerprint density at radius 2 is 2.08 bits per heavy atom. The maximum absolute atomic E-state index is 11.5. The Labute approximate surface area is 152 Å². The van der Waals surface area contributed by atoms with Gasteiger partial charge in [0.05, 0.1) is 18.9 Å². The van der Waals surface area contributed by atoms with E-state index in [2.05, 4.69) is 36.6 Å². The standard InChI is InChI=1S/C19H23N5O2/c1-26-18(25)15-7-9-16(10-8-15)22-19-23-17(13-21-24-19)20-12-11-14-5-3-2-4-6-14/h5,7-10,13H,2-4,6,11-12H2,1H3,(H2,20,22,23,24). The molecule has 0 atom stereocenters. The number of methoxy groups -OCH3 is 1. The molecule has 2 aromatic rings. The Hall–Kier alpha value is -2.96. The highest BCUT2D eigenvalue weighted by Gasteiger charge is 2.07. The first-order valence-electron chi connectivity index (χ1n) is 8.81. The van der Waals surface area contributed by atoms with Crippen LogP contribution in [0.15, 0.2) is 42.1 Å². The molecule has 136 valence electrons. The number of carbonyl (C=O) groups excluding carboxylic acids is 1. The van der Waals surface area contributed by atoms with Crippen LogP contribution in [0.1, 0.15) is 42.5 Å². The number of hydrogen-bond donors (Lipinski definition) is 2. The molecule has 0 saturated heterocycles. The third kappa shape index (κ3) is 5.02. The SMILES string of the molecule is COC(=O)c1ccc(Nc2nncc(NCCC3=CCCCC3)n2)cc1. The van der Waals surface area contributed by atoms with E-state index in [-0.39, 0.29) is 5.97 Å². The second-order valence-electron chi connectivity index (χ2n) is 6.14. The van der Waals surface area contributed by atoms with Gasteiger partial charge in [-0.05, 0) is 56.4 Å². The molecule has 2 N–H and O–H groups in total. The van der Waals surface area contributed by atoms with Gasteiger partial charge in [-0.15, -0.1) is 5.10 Å². The molecule has 1 aliphatic carbocycles. The van der Waals surface area contributed by atoms with Crippen molar-refractivity contribution in [1.29, 1.82) is 0 Å². The van der Waals surface area contributed by atoms with Crippen molar-refractivity contribution in [3.05, 3.63) is 47.7 Å². The molecule has 1 heterocycles. The van der Waals surface area contributed by atoms with E-state index in [0.717, 1.165) is 18.7 Å². The van der Waals surface area contributed by atoms with Crippen LogP contribution < -0.4 is 10.6 Å². The van der Waals surface area contributed by atoms with Crippen molar-refractivity contribution in [2.24, 2.45) is 0 Å². The maximum atomic E-state index is 11.5. The van der Waals surface area contributed by atoms with Crippen molar-refractivity contribution in [1.82, 2.24) is 15.2 Å². The number of anilines is 3. The number of ether oxygens (including phenoxy) is 1. The number of nitrogens with zero attached hydrogens (tertiary/aromatic N) is 3. The van der Waals surface area contributed by atoms with Gasteiger partial charge >= 0.3 is 5.97 Å². The lowest BCUT2D eigenvalue weighted by molar-refractivity contribution is 0.0601. The predicted octanol–water partition coefficient (Wildman–Crippen LogP) is 3.70. The largest absolute Gasteiger partial charge is 0.465 e. The van der Waals surface area contributed by atoms with Gasteiger partial charge in [0, 0.05) is 12.2 Å². The minimum atomic E-state index is -0.367. The van der Waals surface area contributed by atoms with Crippen molar-refractivity contribution in [2.75, 3.05) is 24.3 Å². The van der Waals surface area contributed by atoms with Crippen LogP contribution in [0.2, 0.25) is 0 Å². The lowest BCUT2D eigenvalue weighted by Gasteiger charge is -2.13. The topological polar surface area (TPSA) is 89.0 Å². The zero-order valence-electron chi connectivity index (χ0n) is 14.9. The smallest absolute Gasteiger partial charge is 0.337 e. The second-order valence-corrected chi connectivity index (χ2v) is 6.14. The molecule has 3 rings (SSSR count). The molecule has 0 fully saturated rings. The van der Waals surface area contributed by atoms with Crippen molar-refractivity contribution in [2.45, 2.75) is 32.1 Å². The van der Waals surface area contributed by atoms with Gasteiger partial charge in [0.15, 0.2) is 5.82 Å². The van der Waals surface area contributed by atoms with E-state index >= 15 is 0 Å². The van der Waals surface area contributed by atoms with Crippen LogP contribution >= 0.6 is 0 Å². The third-order valence-corrected chi connectivity index (χ3v) is 4.26. The summed E-state index contributed by atoms with van der Waals surface area (Å²) in [6, 6.07) is 6.90. The summed E-state index contributed by atoms with van der Waals surface area (Å²) in [5.74, 6) is 0.719. The minimum Gasteiger partial charge on any atom is -0.465 e. The number of carbonyl (C=O) groups is 1. The quantitative estimate of drug-likeness (QED) is 0.579. The first-order valence-corrected chi connectivity index (χ1v) is 8.81. The first-order chi connectivity index (χ1) is 12.7. The first kappa shape index (κ1) is 17.8. The third-order valence-electron chi connectivity index (χ3n) is 4.26. The molecule has 1 aromatic carbocycles. The molecule has 1 aliphatic rings. The maximum Gasteiger partial charge on any atom is 0.337 e. The van der Waals surface area contributed by atoms with Crippen molar-refractivity contribution in [3.8, 4) is 0 Å². The lowest BCUT2D eigenvalue weighted by atomic mass is 9.97. The number of hydrogen-bond acceptors (Lipinski definition) is 7. The molecule has 0 aliphatic heterocycles. The van der Waals surface area contributed by atoms with Crippen LogP contribution in [0.25, 0.3) is 0 Å². The Balaban J connectivity index is 1.55. The molecular weight excluding hydrogens is 330 g/mol. The summed E-state index contributed by atoms with van der Waals surface area (Å²) in [6.07, 6.45) is 10.0. The van der Waals surface area contributed by atoms with Crippen LogP contribution in [0, 0.1) is 0 Å². The van der Waals surface area contributed by atoms with Crippen molar-refractivity contribution in [3.63, 3.8) is 0 Å². The van der Waals surface area contributed by atoms with Crippen molar-refractivity contribution < 1.29 is 9.53 Å². The summed E-state index contributed by atoms with van der Waals surface area (Å²) in [6.45, 7) is 0.831. The number of aromatic nitrogens is 3. The van der Waals surface area contributed by atoms with Gasteiger partial charge in [-0.25, -0.2) is 4.79 Å². The summed E-state index contributed by atoms with van der Waals surface area (Å²) in [7, 11) is 1.36. The average Bonchev–Trinajstić information content (AvgIpc) is 2.69.